The highest BCUT2D eigenvalue weighted by Crippen LogP contribution is 2.31. The molecule has 1 atom stereocenters. The molecule has 0 aromatic carbocycles. The zero-order chi connectivity index (χ0) is 10.3. The summed E-state index contributed by atoms with van der Waals surface area (Å²) in [5.74, 6) is 1.29. The molecular formula is C10H17NO2. The molecule has 3 heteroatoms. The second-order valence-electron chi connectivity index (χ2n) is 4.20. The highest BCUT2D eigenvalue weighted by molar-refractivity contribution is 5.17. The van der Waals surface area contributed by atoms with E-state index in [-0.39, 0.29) is 0 Å². The number of rotatable bonds is 2. The molecule has 3 N–H and O–H groups in total. The zero-order valence-corrected chi connectivity index (χ0v) is 8.59. The van der Waals surface area contributed by atoms with Crippen LogP contribution in [0.2, 0.25) is 0 Å². The monoisotopic (exact) mass is 183 g/mol. The van der Waals surface area contributed by atoms with Gasteiger partial charge in [-0.1, -0.05) is 0 Å². The maximum absolute atomic E-state index is 10.1. The quantitative estimate of drug-likeness (QED) is 0.731. The summed E-state index contributed by atoms with van der Waals surface area (Å²) < 4.78 is 5.34. The van der Waals surface area contributed by atoms with Crippen molar-refractivity contribution in [1.29, 1.82) is 0 Å². The van der Waals surface area contributed by atoms with E-state index in [0.717, 1.165) is 5.76 Å². The first-order valence-corrected chi connectivity index (χ1v) is 4.33. The normalized spacial score (nSPS) is 17.1. The third-order valence-corrected chi connectivity index (χ3v) is 2.47. The number of nitrogens with two attached hydrogens (primary N) is 1. The van der Waals surface area contributed by atoms with Gasteiger partial charge in [-0.25, -0.2) is 0 Å². The maximum atomic E-state index is 10.1. The van der Waals surface area contributed by atoms with Gasteiger partial charge in [0.2, 0.25) is 0 Å². The van der Waals surface area contributed by atoms with Crippen LogP contribution in [0.4, 0.5) is 0 Å². The summed E-state index contributed by atoms with van der Waals surface area (Å²) in [6.07, 6.45) is 0. The summed E-state index contributed by atoms with van der Waals surface area (Å²) in [6, 6.07) is 3.57. The van der Waals surface area contributed by atoms with Gasteiger partial charge in [-0.05, 0) is 39.8 Å². The minimum Gasteiger partial charge on any atom is -0.463 e. The minimum absolute atomic E-state index is 0.512. The van der Waals surface area contributed by atoms with Crippen molar-refractivity contribution in [2.45, 2.75) is 38.8 Å². The Kier molecular flexibility index (Phi) is 2.26. The number of hydrogen-bond donors (Lipinski definition) is 2. The first-order chi connectivity index (χ1) is 5.75. The Hall–Kier alpha value is -0.800. The van der Waals surface area contributed by atoms with Gasteiger partial charge in [-0.15, -0.1) is 0 Å². The number of aryl methyl sites for hydroxylation is 1. The van der Waals surface area contributed by atoms with Crippen molar-refractivity contribution in [3.8, 4) is 0 Å². The lowest BCUT2D eigenvalue weighted by atomic mass is 9.83. The molecule has 0 saturated carbocycles. The van der Waals surface area contributed by atoms with Crippen LogP contribution in [0.15, 0.2) is 16.5 Å². The molecular weight excluding hydrogens is 166 g/mol. The van der Waals surface area contributed by atoms with Gasteiger partial charge in [0, 0.05) is 5.54 Å². The van der Waals surface area contributed by atoms with Crippen LogP contribution in [0.5, 0.6) is 0 Å². The van der Waals surface area contributed by atoms with E-state index in [1.807, 2.05) is 13.0 Å². The van der Waals surface area contributed by atoms with Crippen molar-refractivity contribution in [3.63, 3.8) is 0 Å². The SMILES string of the molecule is Cc1ccc(C(C)(O)C(C)(C)N)o1. The van der Waals surface area contributed by atoms with E-state index in [1.54, 1.807) is 26.8 Å². The van der Waals surface area contributed by atoms with Gasteiger partial charge in [0.25, 0.3) is 0 Å². The Balaban J connectivity index is 3.07. The van der Waals surface area contributed by atoms with Gasteiger partial charge in [0.05, 0.1) is 0 Å². The first-order valence-electron chi connectivity index (χ1n) is 4.33. The fraction of sp³-hybridized carbons (Fsp3) is 0.600. The lowest BCUT2D eigenvalue weighted by Gasteiger charge is -2.34. The Labute approximate surface area is 78.5 Å². The Morgan fingerprint density at radius 3 is 2.15 bits per heavy atom. The summed E-state index contributed by atoms with van der Waals surface area (Å²) in [5.41, 5.74) is 3.98. The highest BCUT2D eigenvalue weighted by Gasteiger charge is 2.40. The third-order valence-electron chi connectivity index (χ3n) is 2.47. The van der Waals surface area contributed by atoms with Gasteiger partial charge in [-0.2, -0.15) is 0 Å². The van der Waals surface area contributed by atoms with Gasteiger partial charge >= 0.3 is 0 Å². The molecule has 1 aromatic heterocycles. The molecule has 0 aliphatic rings. The topological polar surface area (TPSA) is 59.4 Å². The predicted octanol–water partition coefficient (Wildman–Crippen LogP) is 1.53. The predicted molar refractivity (Wildman–Crippen MR) is 51.3 cm³/mol. The van der Waals surface area contributed by atoms with Crippen molar-refractivity contribution in [3.05, 3.63) is 23.7 Å². The van der Waals surface area contributed by atoms with Gasteiger partial charge < -0.3 is 15.3 Å². The molecule has 74 valence electrons. The highest BCUT2D eigenvalue weighted by atomic mass is 16.4. The zero-order valence-electron chi connectivity index (χ0n) is 8.59. The third kappa shape index (κ3) is 1.76. The maximum Gasteiger partial charge on any atom is 0.137 e. The van der Waals surface area contributed by atoms with Crippen LogP contribution in [0, 0.1) is 6.92 Å². The average Bonchev–Trinajstić information content (AvgIpc) is 2.33. The van der Waals surface area contributed by atoms with E-state index >= 15 is 0 Å². The van der Waals surface area contributed by atoms with Crippen LogP contribution in [-0.4, -0.2) is 10.6 Å². The molecule has 0 fully saturated rings. The fourth-order valence-electron chi connectivity index (χ4n) is 1.01. The smallest absolute Gasteiger partial charge is 0.137 e. The molecule has 1 heterocycles. The number of hydrogen-bond acceptors (Lipinski definition) is 3. The molecule has 1 rings (SSSR count). The summed E-state index contributed by atoms with van der Waals surface area (Å²) in [7, 11) is 0. The standard InChI is InChI=1S/C10H17NO2/c1-7-5-6-8(13-7)10(4,12)9(2,3)11/h5-6,12H,11H2,1-4H3. The van der Waals surface area contributed by atoms with E-state index in [2.05, 4.69) is 0 Å². The Bertz CT molecular complexity index is 294. The molecule has 1 unspecified atom stereocenters. The van der Waals surface area contributed by atoms with Crippen LogP contribution in [0.1, 0.15) is 32.3 Å². The lowest BCUT2D eigenvalue weighted by Crippen LogP contribution is -2.52. The molecule has 0 amide bonds. The largest absolute Gasteiger partial charge is 0.463 e. The molecule has 0 saturated heterocycles. The molecule has 0 aliphatic heterocycles. The van der Waals surface area contributed by atoms with E-state index in [9.17, 15) is 5.11 Å². The average molecular weight is 183 g/mol. The second kappa shape index (κ2) is 2.86. The second-order valence-corrected chi connectivity index (χ2v) is 4.20. The molecule has 3 nitrogen and oxygen atoms in total. The van der Waals surface area contributed by atoms with Gasteiger partial charge in [0.1, 0.15) is 17.1 Å². The summed E-state index contributed by atoms with van der Waals surface area (Å²) in [5, 5.41) is 10.1. The number of furan rings is 1. The summed E-state index contributed by atoms with van der Waals surface area (Å²) in [4.78, 5) is 0. The Morgan fingerprint density at radius 1 is 1.31 bits per heavy atom. The van der Waals surface area contributed by atoms with Gasteiger partial charge in [0.15, 0.2) is 0 Å². The van der Waals surface area contributed by atoms with Crippen LogP contribution in [0.3, 0.4) is 0 Å². The van der Waals surface area contributed by atoms with Crippen molar-refractivity contribution < 1.29 is 9.52 Å². The van der Waals surface area contributed by atoms with Crippen molar-refractivity contribution in [1.82, 2.24) is 0 Å². The van der Waals surface area contributed by atoms with Crippen LogP contribution in [-0.2, 0) is 5.60 Å². The van der Waals surface area contributed by atoms with E-state index in [4.69, 9.17) is 10.2 Å². The van der Waals surface area contributed by atoms with Crippen molar-refractivity contribution in [2.75, 3.05) is 0 Å². The van der Waals surface area contributed by atoms with Crippen LogP contribution >= 0.6 is 0 Å². The molecule has 13 heavy (non-hydrogen) atoms. The first kappa shape index (κ1) is 10.3. The van der Waals surface area contributed by atoms with E-state index < -0.39 is 11.1 Å². The fourth-order valence-corrected chi connectivity index (χ4v) is 1.01. The molecule has 1 aromatic rings. The van der Waals surface area contributed by atoms with Crippen molar-refractivity contribution >= 4 is 0 Å². The molecule has 0 spiro atoms. The molecule has 0 bridgehead atoms. The van der Waals surface area contributed by atoms with E-state index in [1.165, 1.54) is 0 Å². The molecule has 0 aliphatic carbocycles. The lowest BCUT2D eigenvalue weighted by molar-refractivity contribution is -0.0279. The Morgan fingerprint density at radius 2 is 1.85 bits per heavy atom. The summed E-state index contributed by atoms with van der Waals surface area (Å²) >= 11 is 0. The van der Waals surface area contributed by atoms with Crippen molar-refractivity contribution in [2.24, 2.45) is 5.73 Å². The minimum atomic E-state index is -1.14. The summed E-state index contributed by atoms with van der Waals surface area (Å²) in [6.45, 7) is 7.03. The van der Waals surface area contributed by atoms with E-state index in [0.29, 0.717) is 5.76 Å². The van der Waals surface area contributed by atoms with Crippen LogP contribution in [0.25, 0.3) is 0 Å². The van der Waals surface area contributed by atoms with Crippen LogP contribution < -0.4 is 5.73 Å². The number of aliphatic hydroxyl groups is 1. The molecule has 0 radical (unpaired) electrons. The van der Waals surface area contributed by atoms with Gasteiger partial charge in [-0.3, -0.25) is 0 Å².